The zero-order chi connectivity index (χ0) is 16.3. The maximum absolute atomic E-state index is 12.4. The van der Waals surface area contributed by atoms with Crippen molar-refractivity contribution in [1.82, 2.24) is 10.3 Å². The van der Waals surface area contributed by atoms with Gasteiger partial charge in [0.15, 0.2) is 5.78 Å². The van der Waals surface area contributed by atoms with Gasteiger partial charge in [0.1, 0.15) is 11.7 Å². The van der Waals surface area contributed by atoms with E-state index in [0.29, 0.717) is 29.7 Å². The number of hydrogen-bond acceptors (Lipinski definition) is 3. The molecule has 0 bridgehead atoms. The van der Waals surface area contributed by atoms with E-state index in [0.717, 1.165) is 31.4 Å². The van der Waals surface area contributed by atoms with E-state index < -0.39 is 17.9 Å². The van der Waals surface area contributed by atoms with Gasteiger partial charge in [-0.1, -0.05) is 19.8 Å². The number of H-pyrrole nitrogens is 1. The number of nitrogens with one attached hydrogen (secondary N) is 2. The molecule has 6 heteroatoms. The molecule has 1 atom stereocenters. The number of carbonyl (C=O) groups is 3. The third kappa shape index (κ3) is 3.21. The molecule has 1 aliphatic carbocycles. The number of amides is 1. The van der Waals surface area contributed by atoms with Gasteiger partial charge in [-0.05, 0) is 31.7 Å². The Morgan fingerprint density at radius 3 is 2.68 bits per heavy atom. The number of ketones is 1. The second kappa shape index (κ2) is 6.77. The second-order valence-electron chi connectivity index (χ2n) is 5.76. The first-order valence-corrected chi connectivity index (χ1v) is 7.74. The first-order chi connectivity index (χ1) is 10.5. The second-order valence-corrected chi connectivity index (χ2v) is 5.76. The van der Waals surface area contributed by atoms with Gasteiger partial charge in [0.2, 0.25) is 0 Å². The van der Waals surface area contributed by atoms with Crippen molar-refractivity contribution in [3.05, 3.63) is 22.5 Å². The lowest BCUT2D eigenvalue weighted by atomic mass is 9.94. The van der Waals surface area contributed by atoms with E-state index in [-0.39, 0.29) is 5.78 Å². The highest BCUT2D eigenvalue weighted by Gasteiger charge is 2.28. The quantitative estimate of drug-likeness (QED) is 0.750. The average molecular weight is 306 g/mol. The lowest BCUT2D eigenvalue weighted by Crippen LogP contribution is -2.41. The summed E-state index contributed by atoms with van der Waals surface area (Å²) in [4.78, 5) is 38.6. The standard InChI is InChI=1S/C16H22N2O4/c1-3-4-6-11(16(21)22)18-15(20)14-9(2)13-10(17-14)7-5-8-12(13)19/h11,17H,3-8H2,1-2H3,(H,18,20)(H,21,22)/t11-/m0/s1. The number of aliphatic carboxylic acids is 1. The summed E-state index contributed by atoms with van der Waals surface area (Å²) < 4.78 is 0. The Balaban J connectivity index is 2.19. The van der Waals surface area contributed by atoms with Crippen LogP contribution in [0.15, 0.2) is 0 Å². The van der Waals surface area contributed by atoms with E-state index in [2.05, 4.69) is 10.3 Å². The number of rotatable bonds is 6. The number of unbranched alkanes of at least 4 members (excludes halogenated alkanes) is 1. The fourth-order valence-electron chi connectivity index (χ4n) is 2.90. The summed E-state index contributed by atoms with van der Waals surface area (Å²) in [5, 5.41) is 11.7. The Bertz CT molecular complexity index is 604. The Morgan fingerprint density at radius 1 is 1.36 bits per heavy atom. The highest BCUT2D eigenvalue weighted by Crippen LogP contribution is 2.26. The molecule has 2 rings (SSSR count). The lowest BCUT2D eigenvalue weighted by molar-refractivity contribution is -0.139. The lowest BCUT2D eigenvalue weighted by Gasteiger charge is -2.13. The molecule has 1 heterocycles. The van der Waals surface area contributed by atoms with Gasteiger partial charge in [-0.25, -0.2) is 4.79 Å². The van der Waals surface area contributed by atoms with Crippen LogP contribution in [-0.4, -0.2) is 33.8 Å². The molecular weight excluding hydrogens is 284 g/mol. The van der Waals surface area contributed by atoms with Crippen LogP contribution in [0.25, 0.3) is 0 Å². The maximum Gasteiger partial charge on any atom is 0.326 e. The van der Waals surface area contributed by atoms with Gasteiger partial charge in [0, 0.05) is 17.7 Å². The van der Waals surface area contributed by atoms with Crippen molar-refractivity contribution in [2.24, 2.45) is 0 Å². The molecule has 1 aromatic rings. The normalized spacial score (nSPS) is 15.3. The number of carbonyl (C=O) groups excluding carboxylic acids is 2. The molecule has 0 aromatic carbocycles. The molecule has 120 valence electrons. The first kappa shape index (κ1) is 16.3. The van der Waals surface area contributed by atoms with Crippen molar-refractivity contribution in [3.63, 3.8) is 0 Å². The van der Waals surface area contributed by atoms with Crippen molar-refractivity contribution in [3.8, 4) is 0 Å². The third-order valence-corrected chi connectivity index (χ3v) is 4.11. The van der Waals surface area contributed by atoms with Crippen molar-refractivity contribution < 1.29 is 19.5 Å². The molecule has 0 spiro atoms. The van der Waals surface area contributed by atoms with E-state index in [1.165, 1.54) is 0 Å². The number of carboxylic acid groups (broad SMARTS) is 1. The van der Waals surface area contributed by atoms with E-state index in [9.17, 15) is 19.5 Å². The van der Waals surface area contributed by atoms with Crippen LogP contribution in [-0.2, 0) is 11.2 Å². The summed E-state index contributed by atoms with van der Waals surface area (Å²) in [7, 11) is 0. The largest absolute Gasteiger partial charge is 0.480 e. The van der Waals surface area contributed by atoms with Gasteiger partial charge in [0.05, 0.1) is 0 Å². The zero-order valence-electron chi connectivity index (χ0n) is 13.0. The molecule has 6 nitrogen and oxygen atoms in total. The van der Waals surface area contributed by atoms with Crippen molar-refractivity contribution in [2.45, 2.75) is 58.4 Å². The summed E-state index contributed by atoms with van der Waals surface area (Å²) in [6, 6.07) is -0.900. The topological polar surface area (TPSA) is 99.3 Å². The minimum atomic E-state index is -1.04. The highest BCUT2D eigenvalue weighted by molar-refractivity contribution is 6.04. The molecule has 22 heavy (non-hydrogen) atoms. The SMILES string of the molecule is CCCC[C@H](NC(=O)c1[nH]c2c(c1C)C(=O)CCC2)C(=O)O. The summed E-state index contributed by atoms with van der Waals surface area (Å²) in [5.74, 6) is -1.44. The fraction of sp³-hybridized carbons (Fsp3) is 0.562. The molecule has 1 amide bonds. The van der Waals surface area contributed by atoms with Crippen LogP contribution in [0.4, 0.5) is 0 Å². The number of Topliss-reactive ketones (excluding diaryl/α,β-unsaturated/α-hetero) is 1. The summed E-state index contributed by atoms with van der Waals surface area (Å²) >= 11 is 0. The minimum Gasteiger partial charge on any atom is -0.480 e. The average Bonchev–Trinajstić information content (AvgIpc) is 2.81. The molecule has 0 saturated heterocycles. The van der Waals surface area contributed by atoms with Gasteiger partial charge < -0.3 is 15.4 Å². The van der Waals surface area contributed by atoms with E-state index >= 15 is 0 Å². The molecule has 0 unspecified atom stereocenters. The molecule has 0 saturated carbocycles. The Hall–Kier alpha value is -2.11. The van der Waals surface area contributed by atoms with Gasteiger partial charge in [0.25, 0.3) is 5.91 Å². The molecular formula is C16H22N2O4. The van der Waals surface area contributed by atoms with Crippen LogP contribution >= 0.6 is 0 Å². The van der Waals surface area contributed by atoms with Crippen molar-refractivity contribution in [2.75, 3.05) is 0 Å². The number of fused-ring (bicyclic) bond motifs is 1. The molecule has 0 aliphatic heterocycles. The Kier molecular flexibility index (Phi) is 5.00. The third-order valence-electron chi connectivity index (χ3n) is 4.11. The summed E-state index contributed by atoms with van der Waals surface area (Å²) in [5.41, 5.74) is 2.33. The number of carboxylic acids is 1. The number of aromatic amines is 1. The molecule has 3 N–H and O–H groups in total. The zero-order valence-corrected chi connectivity index (χ0v) is 13.0. The van der Waals surface area contributed by atoms with Crippen LogP contribution in [0, 0.1) is 6.92 Å². The van der Waals surface area contributed by atoms with Crippen LogP contribution in [0.3, 0.4) is 0 Å². The Morgan fingerprint density at radius 2 is 2.09 bits per heavy atom. The van der Waals surface area contributed by atoms with Crippen LogP contribution in [0.2, 0.25) is 0 Å². The van der Waals surface area contributed by atoms with Crippen LogP contribution < -0.4 is 5.32 Å². The maximum atomic E-state index is 12.4. The molecule has 0 radical (unpaired) electrons. The summed E-state index contributed by atoms with van der Waals surface area (Å²) in [6.07, 6.45) is 4.02. The molecule has 1 aromatic heterocycles. The molecule has 0 fully saturated rings. The first-order valence-electron chi connectivity index (χ1n) is 7.74. The van der Waals surface area contributed by atoms with Crippen molar-refractivity contribution in [1.29, 1.82) is 0 Å². The van der Waals surface area contributed by atoms with Gasteiger partial charge in [-0.15, -0.1) is 0 Å². The van der Waals surface area contributed by atoms with Crippen molar-refractivity contribution >= 4 is 17.7 Å². The van der Waals surface area contributed by atoms with Gasteiger partial charge in [-0.3, -0.25) is 9.59 Å². The number of aromatic nitrogens is 1. The minimum absolute atomic E-state index is 0.0508. The smallest absolute Gasteiger partial charge is 0.326 e. The van der Waals surface area contributed by atoms with Gasteiger partial charge >= 0.3 is 5.97 Å². The van der Waals surface area contributed by atoms with Crippen LogP contribution in [0.1, 0.15) is 71.1 Å². The van der Waals surface area contributed by atoms with E-state index in [1.54, 1.807) is 6.92 Å². The molecule has 1 aliphatic rings. The fourth-order valence-corrected chi connectivity index (χ4v) is 2.90. The van der Waals surface area contributed by atoms with Crippen LogP contribution in [0.5, 0.6) is 0 Å². The predicted octanol–water partition coefficient (Wildman–Crippen LogP) is 2.22. The Labute approximate surface area is 129 Å². The highest BCUT2D eigenvalue weighted by atomic mass is 16.4. The monoisotopic (exact) mass is 306 g/mol. The van der Waals surface area contributed by atoms with E-state index in [1.807, 2.05) is 6.92 Å². The number of aryl methyl sites for hydroxylation is 1. The van der Waals surface area contributed by atoms with E-state index in [4.69, 9.17) is 0 Å². The summed E-state index contributed by atoms with van der Waals surface area (Å²) in [6.45, 7) is 3.70. The number of hydrogen-bond donors (Lipinski definition) is 3. The predicted molar refractivity (Wildman–Crippen MR) is 81.2 cm³/mol. The van der Waals surface area contributed by atoms with Gasteiger partial charge in [-0.2, -0.15) is 0 Å².